The Hall–Kier alpha value is -3.41. The van der Waals surface area contributed by atoms with Crippen molar-refractivity contribution in [3.63, 3.8) is 0 Å². The van der Waals surface area contributed by atoms with Gasteiger partial charge in [-0.2, -0.15) is 28.6 Å². The van der Waals surface area contributed by atoms with Crippen LogP contribution < -0.4 is 10.2 Å². The molecular weight excluding hydrogens is 559 g/mol. The van der Waals surface area contributed by atoms with Crippen LogP contribution in [-0.2, 0) is 16.0 Å². The van der Waals surface area contributed by atoms with Crippen molar-refractivity contribution in [3.05, 3.63) is 54.0 Å². The maximum Gasteiger partial charge on any atom is 0.417 e. The molecule has 3 fully saturated rings. The SMILES string of the molecule is Cc1cc(N2C[C@H](S(=O)(=O)c3ccc(-n4cccn4)cc3C(F)(F)F)C[C@H]2C(O)NC2(C#N)CC2)n(C2CCC2)n1. The lowest BCUT2D eigenvalue weighted by Crippen LogP contribution is -2.51. The van der Waals surface area contributed by atoms with Crippen molar-refractivity contribution < 1.29 is 26.7 Å². The van der Waals surface area contributed by atoms with Crippen molar-refractivity contribution in [2.45, 2.75) is 85.6 Å². The van der Waals surface area contributed by atoms with Crippen molar-refractivity contribution in [1.82, 2.24) is 24.9 Å². The van der Waals surface area contributed by atoms with Crippen molar-refractivity contribution in [2.24, 2.45) is 0 Å². The fourth-order valence-corrected chi connectivity index (χ4v) is 7.66. The van der Waals surface area contributed by atoms with E-state index in [1.807, 2.05) is 17.7 Å². The van der Waals surface area contributed by atoms with Crippen LogP contribution in [0.4, 0.5) is 19.0 Å². The highest BCUT2D eigenvalue weighted by Gasteiger charge is 2.51. The number of halogens is 3. The van der Waals surface area contributed by atoms with Crippen LogP contribution in [0.2, 0.25) is 0 Å². The maximum absolute atomic E-state index is 14.3. The van der Waals surface area contributed by atoms with Crippen LogP contribution in [-0.4, -0.2) is 62.7 Å². The fraction of sp³-hybridized carbons (Fsp3) is 0.519. The molecule has 6 rings (SSSR count). The third-order valence-corrected chi connectivity index (χ3v) is 10.6. The van der Waals surface area contributed by atoms with Gasteiger partial charge in [0.25, 0.3) is 0 Å². The van der Waals surface area contributed by atoms with Crippen LogP contribution in [0.5, 0.6) is 0 Å². The van der Waals surface area contributed by atoms with E-state index in [2.05, 4.69) is 21.6 Å². The molecule has 3 atom stereocenters. The van der Waals surface area contributed by atoms with Crippen molar-refractivity contribution in [3.8, 4) is 11.8 Å². The number of rotatable bonds is 8. The van der Waals surface area contributed by atoms with E-state index in [0.29, 0.717) is 24.4 Å². The Morgan fingerprint density at radius 3 is 2.59 bits per heavy atom. The summed E-state index contributed by atoms with van der Waals surface area (Å²) in [5, 5.41) is 31.1. The molecular formula is C27H30F3N7O3S. The second-order valence-corrected chi connectivity index (χ2v) is 13.4. The quantitative estimate of drug-likeness (QED) is 0.382. The Bertz CT molecular complexity index is 1590. The summed E-state index contributed by atoms with van der Waals surface area (Å²) in [6.45, 7) is 1.68. The van der Waals surface area contributed by atoms with Crippen LogP contribution in [0.15, 0.2) is 47.6 Å². The molecule has 0 amide bonds. The van der Waals surface area contributed by atoms with Gasteiger partial charge in [-0.15, -0.1) is 0 Å². The van der Waals surface area contributed by atoms with Gasteiger partial charge in [0, 0.05) is 25.0 Å². The molecule has 41 heavy (non-hydrogen) atoms. The first kappa shape index (κ1) is 27.7. The number of aliphatic hydroxyl groups excluding tert-OH is 1. The van der Waals surface area contributed by atoms with E-state index in [1.165, 1.54) is 23.1 Å². The number of alkyl halides is 3. The van der Waals surface area contributed by atoms with E-state index in [0.717, 1.165) is 31.4 Å². The standard InChI is InChI=1S/C27H30F3N7O3S/c1-17-12-24(37(34-17)18-4-2-5-18)35-15-20(14-22(35)25(38)33-26(16-31)8-9-26)41(39,40)23-7-6-19(36-11-3-10-32-36)13-21(23)27(28,29)30/h3,6-7,10-13,18,20,22,25,33,38H,2,4-5,8-9,14-15H2,1H3/t20-,22+,25?/m1/s1. The zero-order valence-corrected chi connectivity index (χ0v) is 23.1. The molecule has 1 aromatic carbocycles. The molecule has 0 bridgehead atoms. The number of hydrogen-bond donors (Lipinski definition) is 2. The average Bonchev–Trinajstić information content (AvgIpc) is 3.26. The second-order valence-electron chi connectivity index (χ2n) is 11.2. The molecule has 1 aliphatic heterocycles. The highest BCUT2D eigenvalue weighted by atomic mass is 32.2. The van der Waals surface area contributed by atoms with E-state index in [9.17, 15) is 32.0 Å². The summed E-state index contributed by atoms with van der Waals surface area (Å²) < 4.78 is 73.8. The van der Waals surface area contributed by atoms with Crippen LogP contribution in [0.3, 0.4) is 0 Å². The lowest BCUT2D eigenvalue weighted by atomic mass is 9.93. The summed E-state index contributed by atoms with van der Waals surface area (Å²) in [4.78, 5) is 0.921. The van der Waals surface area contributed by atoms with Crippen molar-refractivity contribution >= 4 is 15.7 Å². The zero-order chi connectivity index (χ0) is 29.2. The molecule has 2 aromatic heterocycles. The molecule has 218 valence electrons. The number of nitrogens with zero attached hydrogens (tertiary/aromatic N) is 6. The summed E-state index contributed by atoms with van der Waals surface area (Å²) in [6.07, 6.45) is 0.475. The largest absolute Gasteiger partial charge is 0.417 e. The van der Waals surface area contributed by atoms with Crippen LogP contribution >= 0.6 is 0 Å². The Kier molecular flexibility index (Phi) is 6.67. The van der Waals surface area contributed by atoms with Crippen molar-refractivity contribution in [1.29, 1.82) is 5.26 Å². The molecule has 3 aromatic rings. The molecule has 0 radical (unpaired) electrons. The molecule has 1 saturated heterocycles. The van der Waals surface area contributed by atoms with Gasteiger partial charge in [-0.1, -0.05) is 0 Å². The van der Waals surface area contributed by atoms with Gasteiger partial charge in [0.2, 0.25) is 0 Å². The Morgan fingerprint density at radius 1 is 1.24 bits per heavy atom. The molecule has 2 saturated carbocycles. The zero-order valence-electron chi connectivity index (χ0n) is 22.3. The normalized spacial score (nSPS) is 23.3. The molecule has 3 heterocycles. The monoisotopic (exact) mass is 589 g/mol. The number of aliphatic hydroxyl groups is 1. The predicted octanol–water partition coefficient (Wildman–Crippen LogP) is 3.51. The van der Waals surface area contributed by atoms with Gasteiger partial charge in [0.15, 0.2) is 9.84 Å². The molecule has 2 N–H and O–H groups in total. The van der Waals surface area contributed by atoms with Crippen LogP contribution in [0.1, 0.15) is 55.8 Å². The molecule has 10 nitrogen and oxygen atoms in total. The molecule has 14 heteroatoms. The third kappa shape index (κ3) is 5.00. The topological polar surface area (TPSA) is 129 Å². The summed E-state index contributed by atoms with van der Waals surface area (Å²) in [5.41, 5.74) is -1.37. The average molecular weight is 590 g/mol. The minimum absolute atomic E-state index is 0.0814. The number of anilines is 1. The Balaban J connectivity index is 1.38. The van der Waals surface area contributed by atoms with Crippen LogP contribution in [0, 0.1) is 18.3 Å². The smallest absolute Gasteiger partial charge is 0.376 e. The lowest BCUT2D eigenvalue weighted by Gasteiger charge is -2.35. The van der Waals surface area contributed by atoms with Crippen molar-refractivity contribution in [2.75, 3.05) is 11.4 Å². The Labute approximate surface area is 235 Å². The first-order valence-corrected chi connectivity index (χ1v) is 15.1. The van der Waals surface area contributed by atoms with E-state index in [4.69, 9.17) is 0 Å². The van der Waals surface area contributed by atoms with Crippen LogP contribution in [0.25, 0.3) is 5.69 Å². The summed E-state index contributed by atoms with van der Waals surface area (Å²) in [6, 6.07) is 7.92. The Morgan fingerprint density at radius 2 is 2.00 bits per heavy atom. The second kappa shape index (κ2) is 9.85. The molecule has 1 unspecified atom stereocenters. The predicted molar refractivity (Wildman–Crippen MR) is 142 cm³/mol. The maximum atomic E-state index is 14.3. The number of benzene rings is 1. The highest BCUT2D eigenvalue weighted by Crippen LogP contribution is 2.42. The third-order valence-electron chi connectivity index (χ3n) is 8.39. The van der Waals surface area contributed by atoms with Gasteiger partial charge in [0.05, 0.1) is 45.2 Å². The lowest BCUT2D eigenvalue weighted by molar-refractivity contribution is -0.139. The van der Waals surface area contributed by atoms with Gasteiger partial charge < -0.3 is 10.0 Å². The summed E-state index contributed by atoms with van der Waals surface area (Å²) in [7, 11) is -4.52. The van der Waals surface area contributed by atoms with Gasteiger partial charge >= 0.3 is 6.18 Å². The minimum atomic E-state index is -4.94. The number of aromatic nitrogens is 4. The van der Waals surface area contributed by atoms with E-state index in [-0.39, 0.29) is 24.7 Å². The van der Waals surface area contributed by atoms with Gasteiger partial charge in [-0.05, 0) is 69.7 Å². The first-order chi connectivity index (χ1) is 19.4. The highest BCUT2D eigenvalue weighted by molar-refractivity contribution is 7.92. The number of aryl methyl sites for hydroxylation is 1. The van der Waals surface area contributed by atoms with Gasteiger partial charge in [-0.25, -0.2) is 17.8 Å². The first-order valence-electron chi connectivity index (χ1n) is 13.6. The van der Waals surface area contributed by atoms with Gasteiger partial charge in [0.1, 0.15) is 17.6 Å². The van der Waals surface area contributed by atoms with Gasteiger partial charge in [-0.3, -0.25) is 5.32 Å². The van der Waals surface area contributed by atoms with E-state index in [1.54, 1.807) is 11.0 Å². The van der Waals surface area contributed by atoms with E-state index >= 15 is 0 Å². The molecule has 3 aliphatic rings. The number of nitriles is 1. The number of sulfone groups is 1. The fourth-order valence-electron chi connectivity index (χ4n) is 5.75. The molecule has 0 spiro atoms. The number of hydrogen-bond acceptors (Lipinski definition) is 8. The molecule has 2 aliphatic carbocycles. The number of nitrogens with one attached hydrogen (secondary N) is 1. The minimum Gasteiger partial charge on any atom is -0.376 e. The van der Waals surface area contributed by atoms with E-state index < -0.39 is 49.5 Å². The summed E-state index contributed by atoms with van der Waals surface area (Å²) >= 11 is 0. The summed E-state index contributed by atoms with van der Waals surface area (Å²) in [5.74, 6) is 0.614.